The summed E-state index contributed by atoms with van der Waals surface area (Å²) in [6.45, 7) is 6.88. The first-order valence-electron chi connectivity index (χ1n) is 8.37. The van der Waals surface area contributed by atoms with Gasteiger partial charge in [0, 0.05) is 25.5 Å². The lowest BCUT2D eigenvalue weighted by atomic mass is 10.1. The maximum atomic E-state index is 4.33. The van der Waals surface area contributed by atoms with E-state index in [1.54, 1.807) is 0 Å². The van der Waals surface area contributed by atoms with Crippen LogP contribution < -0.4 is 0 Å². The van der Waals surface area contributed by atoms with Crippen LogP contribution in [0, 0.1) is 0 Å². The van der Waals surface area contributed by atoms with Crippen LogP contribution in [-0.2, 0) is 13.0 Å². The predicted molar refractivity (Wildman–Crippen MR) is 89.7 cm³/mol. The minimum atomic E-state index is 0.949. The summed E-state index contributed by atoms with van der Waals surface area (Å²) in [5.41, 5.74) is 1.46. The lowest BCUT2D eigenvalue weighted by Gasteiger charge is -2.21. The summed E-state index contributed by atoms with van der Waals surface area (Å²) in [6, 6.07) is 10.8. The number of rotatable bonds is 6. The first-order valence-corrected chi connectivity index (χ1v) is 8.37. The second-order valence-electron chi connectivity index (χ2n) is 6.10. The van der Waals surface area contributed by atoms with Crippen molar-refractivity contribution in [2.45, 2.75) is 25.8 Å². The standard InChI is InChI=1S/C18H26N4/c1-2-6-17(7-3-1)8-4-11-21-12-5-13-22(15-14-21)16-18-19-9-10-20-18/h1-3,6-7,9-10H,4-5,8,11-16H2,(H,19,20). The molecule has 0 amide bonds. The van der Waals surface area contributed by atoms with Crippen LogP contribution in [0.5, 0.6) is 0 Å². The molecule has 4 heteroatoms. The van der Waals surface area contributed by atoms with Gasteiger partial charge in [-0.15, -0.1) is 0 Å². The normalized spacial score (nSPS) is 17.5. The number of aryl methyl sites for hydroxylation is 1. The van der Waals surface area contributed by atoms with E-state index in [0.29, 0.717) is 0 Å². The van der Waals surface area contributed by atoms with Gasteiger partial charge in [0.05, 0.1) is 6.54 Å². The van der Waals surface area contributed by atoms with Crippen molar-refractivity contribution in [3.05, 3.63) is 54.1 Å². The molecule has 1 aromatic heterocycles. The second-order valence-corrected chi connectivity index (χ2v) is 6.10. The first-order chi connectivity index (χ1) is 10.9. The molecule has 2 aromatic rings. The molecule has 1 N–H and O–H groups in total. The number of H-pyrrole nitrogens is 1. The van der Waals surface area contributed by atoms with Crippen molar-refractivity contribution in [2.75, 3.05) is 32.7 Å². The molecule has 118 valence electrons. The zero-order valence-corrected chi connectivity index (χ0v) is 13.2. The third-order valence-electron chi connectivity index (χ3n) is 4.39. The van der Waals surface area contributed by atoms with E-state index in [1.807, 2.05) is 12.4 Å². The molecule has 1 saturated heterocycles. The minimum absolute atomic E-state index is 0.949. The molecule has 22 heavy (non-hydrogen) atoms. The molecule has 1 fully saturated rings. The molecule has 4 nitrogen and oxygen atoms in total. The summed E-state index contributed by atoms with van der Waals surface area (Å²) in [5, 5.41) is 0. The largest absolute Gasteiger partial charge is 0.348 e. The molecule has 0 aliphatic carbocycles. The van der Waals surface area contributed by atoms with E-state index in [9.17, 15) is 0 Å². The van der Waals surface area contributed by atoms with E-state index < -0.39 is 0 Å². The molecule has 1 aromatic carbocycles. The maximum absolute atomic E-state index is 4.33. The highest BCUT2D eigenvalue weighted by molar-refractivity contribution is 5.14. The molecule has 0 bridgehead atoms. The van der Waals surface area contributed by atoms with Gasteiger partial charge in [-0.1, -0.05) is 30.3 Å². The van der Waals surface area contributed by atoms with Crippen LogP contribution in [0.4, 0.5) is 0 Å². The van der Waals surface area contributed by atoms with Crippen LogP contribution in [0.15, 0.2) is 42.7 Å². The number of imidazole rings is 1. The molecular weight excluding hydrogens is 272 g/mol. The Morgan fingerprint density at radius 1 is 1.00 bits per heavy atom. The molecule has 1 aliphatic rings. The van der Waals surface area contributed by atoms with E-state index in [1.165, 1.54) is 51.0 Å². The van der Waals surface area contributed by atoms with Crippen molar-refractivity contribution in [3.8, 4) is 0 Å². The lowest BCUT2D eigenvalue weighted by Crippen LogP contribution is -2.31. The molecular formula is C18H26N4. The fraction of sp³-hybridized carbons (Fsp3) is 0.500. The molecule has 0 unspecified atom stereocenters. The van der Waals surface area contributed by atoms with Gasteiger partial charge in [0.2, 0.25) is 0 Å². The Morgan fingerprint density at radius 2 is 1.82 bits per heavy atom. The van der Waals surface area contributed by atoms with E-state index in [4.69, 9.17) is 0 Å². The van der Waals surface area contributed by atoms with Crippen LogP contribution in [0.3, 0.4) is 0 Å². The van der Waals surface area contributed by atoms with Crippen molar-refractivity contribution in [3.63, 3.8) is 0 Å². The van der Waals surface area contributed by atoms with Crippen molar-refractivity contribution in [2.24, 2.45) is 0 Å². The third kappa shape index (κ3) is 4.68. The van der Waals surface area contributed by atoms with Gasteiger partial charge < -0.3 is 9.88 Å². The Hall–Kier alpha value is -1.65. The summed E-state index contributed by atoms with van der Waals surface area (Å²) >= 11 is 0. The number of hydrogen-bond acceptors (Lipinski definition) is 3. The topological polar surface area (TPSA) is 35.2 Å². The quantitative estimate of drug-likeness (QED) is 0.890. The van der Waals surface area contributed by atoms with Gasteiger partial charge in [-0.25, -0.2) is 4.98 Å². The van der Waals surface area contributed by atoms with Gasteiger partial charge in [0.15, 0.2) is 0 Å². The Kier molecular flexibility index (Phi) is 5.62. The molecule has 0 radical (unpaired) electrons. The number of hydrogen-bond donors (Lipinski definition) is 1. The van der Waals surface area contributed by atoms with Gasteiger partial charge in [0.25, 0.3) is 0 Å². The summed E-state index contributed by atoms with van der Waals surface area (Å²) < 4.78 is 0. The number of nitrogens with zero attached hydrogens (tertiary/aromatic N) is 3. The van der Waals surface area contributed by atoms with E-state index >= 15 is 0 Å². The number of benzene rings is 1. The van der Waals surface area contributed by atoms with Gasteiger partial charge in [-0.05, 0) is 44.5 Å². The van der Waals surface area contributed by atoms with Crippen molar-refractivity contribution in [1.82, 2.24) is 19.8 Å². The SMILES string of the molecule is c1ccc(CCCN2CCCN(Cc3ncc[nH]3)CC2)cc1. The lowest BCUT2D eigenvalue weighted by molar-refractivity contribution is 0.247. The summed E-state index contributed by atoms with van der Waals surface area (Å²) in [5.74, 6) is 1.08. The smallest absolute Gasteiger partial charge is 0.120 e. The zero-order valence-electron chi connectivity index (χ0n) is 13.2. The molecule has 3 rings (SSSR count). The Bertz CT molecular complexity index is 523. The number of nitrogens with one attached hydrogen (secondary N) is 1. The van der Waals surface area contributed by atoms with Crippen LogP contribution in [0.1, 0.15) is 24.2 Å². The number of aromatic amines is 1. The fourth-order valence-corrected chi connectivity index (χ4v) is 3.15. The highest BCUT2D eigenvalue weighted by Crippen LogP contribution is 2.08. The second kappa shape index (κ2) is 8.11. The summed E-state index contributed by atoms with van der Waals surface area (Å²) in [7, 11) is 0. The molecule has 1 aliphatic heterocycles. The Balaban J connectivity index is 1.39. The van der Waals surface area contributed by atoms with Gasteiger partial charge in [0.1, 0.15) is 5.82 Å². The molecule has 2 heterocycles. The van der Waals surface area contributed by atoms with Gasteiger partial charge in [-0.2, -0.15) is 0 Å². The predicted octanol–water partition coefficient (Wildman–Crippen LogP) is 2.55. The van der Waals surface area contributed by atoms with Gasteiger partial charge in [-0.3, -0.25) is 4.90 Å². The Labute approximate surface area is 133 Å². The highest BCUT2D eigenvalue weighted by Gasteiger charge is 2.15. The number of aromatic nitrogens is 2. The van der Waals surface area contributed by atoms with E-state index in [2.05, 4.69) is 50.1 Å². The Morgan fingerprint density at radius 3 is 2.64 bits per heavy atom. The van der Waals surface area contributed by atoms with Crippen molar-refractivity contribution < 1.29 is 0 Å². The summed E-state index contributed by atoms with van der Waals surface area (Å²) in [6.07, 6.45) is 7.44. The molecule has 0 atom stereocenters. The third-order valence-corrected chi connectivity index (χ3v) is 4.39. The van der Waals surface area contributed by atoms with Crippen LogP contribution >= 0.6 is 0 Å². The van der Waals surface area contributed by atoms with E-state index in [-0.39, 0.29) is 0 Å². The zero-order chi connectivity index (χ0) is 15.0. The van der Waals surface area contributed by atoms with Crippen LogP contribution in [0.2, 0.25) is 0 Å². The van der Waals surface area contributed by atoms with Crippen LogP contribution in [0.25, 0.3) is 0 Å². The van der Waals surface area contributed by atoms with Gasteiger partial charge >= 0.3 is 0 Å². The average molecular weight is 298 g/mol. The highest BCUT2D eigenvalue weighted by atomic mass is 15.2. The average Bonchev–Trinajstić information content (AvgIpc) is 2.96. The maximum Gasteiger partial charge on any atom is 0.120 e. The first kappa shape index (κ1) is 15.3. The summed E-state index contributed by atoms with van der Waals surface area (Å²) in [4.78, 5) is 12.7. The minimum Gasteiger partial charge on any atom is -0.348 e. The molecule has 0 spiro atoms. The van der Waals surface area contributed by atoms with Crippen LogP contribution in [-0.4, -0.2) is 52.5 Å². The van der Waals surface area contributed by atoms with Crippen molar-refractivity contribution >= 4 is 0 Å². The monoisotopic (exact) mass is 298 g/mol. The van der Waals surface area contributed by atoms with Crippen molar-refractivity contribution in [1.29, 1.82) is 0 Å². The fourth-order valence-electron chi connectivity index (χ4n) is 3.15. The van der Waals surface area contributed by atoms with E-state index in [0.717, 1.165) is 18.9 Å². The molecule has 0 saturated carbocycles.